The summed E-state index contributed by atoms with van der Waals surface area (Å²) in [6, 6.07) is 16.6. The van der Waals surface area contributed by atoms with Gasteiger partial charge >= 0.3 is 0 Å². The summed E-state index contributed by atoms with van der Waals surface area (Å²) in [5, 5.41) is 0. The van der Waals surface area contributed by atoms with E-state index in [0.717, 1.165) is 54.7 Å². The third-order valence-corrected chi connectivity index (χ3v) is 5.23. The fourth-order valence-electron chi connectivity index (χ4n) is 3.51. The van der Waals surface area contributed by atoms with Crippen LogP contribution >= 0.6 is 12.2 Å². The van der Waals surface area contributed by atoms with Gasteiger partial charge in [0.15, 0.2) is 11.4 Å². The molecule has 1 N–H and O–H groups in total. The molecule has 2 heterocycles. The van der Waals surface area contributed by atoms with Gasteiger partial charge in [-0.25, -0.2) is 0 Å². The predicted molar refractivity (Wildman–Crippen MR) is 105 cm³/mol. The van der Waals surface area contributed by atoms with Crippen molar-refractivity contribution in [2.45, 2.75) is 13.6 Å². The first kappa shape index (κ1) is 17.3. The molecule has 6 heteroatoms. The Bertz CT molecular complexity index is 940. The van der Waals surface area contributed by atoms with E-state index in [1.807, 2.05) is 19.1 Å². The minimum Gasteiger partial charge on any atom is -0.494 e. The standard InChI is InChI=1S/C20H23N3O2S/c1-2-25-17-9-7-16(8-10-17)23-19-6-4-3-5-18(19)22(20(23)26)15-21-11-13-24-14-12-21/h3-10H,2,11-15H2,1H3/p+1. The number of nitrogens with zero attached hydrogens (tertiary/aromatic N) is 2. The van der Waals surface area contributed by atoms with E-state index in [1.54, 1.807) is 0 Å². The molecule has 1 aliphatic rings. The van der Waals surface area contributed by atoms with Crippen molar-refractivity contribution in [3.05, 3.63) is 53.3 Å². The van der Waals surface area contributed by atoms with Gasteiger partial charge in [-0.2, -0.15) is 0 Å². The number of benzene rings is 2. The monoisotopic (exact) mass is 370 g/mol. The number of hydrogen-bond acceptors (Lipinski definition) is 3. The lowest BCUT2D eigenvalue weighted by Gasteiger charge is -2.24. The van der Waals surface area contributed by atoms with E-state index in [4.69, 9.17) is 21.7 Å². The first-order valence-electron chi connectivity index (χ1n) is 9.13. The van der Waals surface area contributed by atoms with Crippen LogP contribution in [0.4, 0.5) is 0 Å². The van der Waals surface area contributed by atoms with E-state index in [0.29, 0.717) is 6.61 Å². The van der Waals surface area contributed by atoms with Crippen molar-refractivity contribution in [3.8, 4) is 11.4 Å². The second-order valence-corrected chi connectivity index (χ2v) is 6.85. The number of hydrogen-bond donors (Lipinski definition) is 1. The van der Waals surface area contributed by atoms with Crippen LogP contribution in [0.15, 0.2) is 48.5 Å². The van der Waals surface area contributed by atoms with Crippen LogP contribution in [0.1, 0.15) is 6.92 Å². The molecule has 1 aromatic heterocycles. The summed E-state index contributed by atoms with van der Waals surface area (Å²) >= 11 is 5.88. The smallest absolute Gasteiger partial charge is 0.189 e. The molecular formula is C20H24N3O2S+. The van der Waals surface area contributed by atoms with Gasteiger partial charge in [-0.3, -0.25) is 9.13 Å². The number of ether oxygens (including phenoxy) is 2. The highest BCUT2D eigenvalue weighted by Gasteiger charge is 2.18. The van der Waals surface area contributed by atoms with Crippen LogP contribution in [0.2, 0.25) is 0 Å². The van der Waals surface area contributed by atoms with Gasteiger partial charge < -0.3 is 14.4 Å². The Morgan fingerprint density at radius 2 is 1.73 bits per heavy atom. The second-order valence-electron chi connectivity index (χ2n) is 6.48. The Labute approximate surface area is 158 Å². The zero-order valence-corrected chi connectivity index (χ0v) is 15.8. The van der Waals surface area contributed by atoms with Crippen molar-refractivity contribution in [3.63, 3.8) is 0 Å². The van der Waals surface area contributed by atoms with Gasteiger partial charge in [-0.05, 0) is 55.5 Å². The fraction of sp³-hybridized carbons (Fsp3) is 0.350. The Morgan fingerprint density at radius 1 is 1.04 bits per heavy atom. The Kier molecular flexibility index (Phi) is 5.06. The van der Waals surface area contributed by atoms with Gasteiger partial charge in [-0.1, -0.05) is 12.1 Å². The number of aromatic nitrogens is 2. The summed E-state index contributed by atoms with van der Waals surface area (Å²) in [7, 11) is 0. The molecule has 0 radical (unpaired) electrons. The maximum atomic E-state index is 5.88. The van der Waals surface area contributed by atoms with Crippen molar-refractivity contribution in [2.75, 3.05) is 32.9 Å². The average molecular weight is 370 g/mol. The molecule has 0 aliphatic carbocycles. The summed E-state index contributed by atoms with van der Waals surface area (Å²) in [5.41, 5.74) is 3.37. The molecule has 3 aromatic rings. The lowest BCUT2D eigenvalue weighted by atomic mass is 10.2. The van der Waals surface area contributed by atoms with E-state index >= 15 is 0 Å². The number of morpholine rings is 1. The molecule has 5 nitrogen and oxygen atoms in total. The number of para-hydroxylation sites is 2. The number of nitrogens with one attached hydrogen (secondary N) is 1. The van der Waals surface area contributed by atoms with Gasteiger partial charge in [0.2, 0.25) is 0 Å². The number of quaternary nitrogens is 1. The molecule has 136 valence electrons. The van der Waals surface area contributed by atoms with Crippen molar-refractivity contribution < 1.29 is 14.4 Å². The molecule has 1 fully saturated rings. The molecule has 2 aromatic carbocycles. The van der Waals surface area contributed by atoms with E-state index in [1.165, 1.54) is 10.4 Å². The summed E-state index contributed by atoms with van der Waals surface area (Å²) in [4.78, 5) is 1.50. The Morgan fingerprint density at radius 3 is 2.42 bits per heavy atom. The minimum absolute atomic E-state index is 0.667. The van der Waals surface area contributed by atoms with Gasteiger partial charge in [-0.15, -0.1) is 0 Å². The summed E-state index contributed by atoms with van der Waals surface area (Å²) in [6.07, 6.45) is 0. The van der Waals surface area contributed by atoms with Crippen molar-refractivity contribution in [2.24, 2.45) is 0 Å². The fourth-order valence-corrected chi connectivity index (χ4v) is 3.88. The van der Waals surface area contributed by atoms with E-state index < -0.39 is 0 Å². The molecule has 0 spiro atoms. The number of rotatable bonds is 5. The minimum atomic E-state index is 0.667. The van der Waals surface area contributed by atoms with Crippen molar-refractivity contribution in [1.29, 1.82) is 0 Å². The van der Waals surface area contributed by atoms with Crippen molar-refractivity contribution in [1.82, 2.24) is 9.13 Å². The number of fused-ring (bicyclic) bond motifs is 1. The molecule has 26 heavy (non-hydrogen) atoms. The summed E-state index contributed by atoms with van der Waals surface area (Å²) in [5.74, 6) is 0.879. The maximum Gasteiger partial charge on any atom is 0.189 e. The van der Waals surface area contributed by atoms with Crippen LogP contribution in [0.3, 0.4) is 0 Å². The zero-order valence-electron chi connectivity index (χ0n) is 15.0. The predicted octanol–water partition coefficient (Wildman–Crippen LogP) is 2.43. The molecule has 0 atom stereocenters. The summed E-state index contributed by atoms with van der Waals surface area (Å²) < 4.78 is 16.3. The SMILES string of the molecule is CCOc1ccc(-n2c(=S)n(C[NH+]3CCOCC3)c3ccccc32)cc1. The van der Waals surface area contributed by atoms with Crippen LogP contribution in [-0.2, 0) is 11.4 Å². The average Bonchev–Trinajstić information content (AvgIpc) is 2.96. The number of imidazole rings is 1. The quantitative estimate of drug-likeness (QED) is 0.700. The molecule has 4 rings (SSSR count). The van der Waals surface area contributed by atoms with Crippen LogP contribution in [0.5, 0.6) is 5.75 Å². The van der Waals surface area contributed by atoms with Gasteiger partial charge in [0.1, 0.15) is 18.8 Å². The molecule has 0 amide bonds. The van der Waals surface area contributed by atoms with E-state index in [2.05, 4.69) is 45.5 Å². The summed E-state index contributed by atoms with van der Waals surface area (Å²) in [6.45, 7) is 7.20. The lowest BCUT2D eigenvalue weighted by molar-refractivity contribution is -0.930. The topological polar surface area (TPSA) is 32.8 Å². The highest BCUT2D eigenvalue weighted by molar-refractivity contribution is 7.71. The van der Waals surface area contributed by atoms with Crippen molar-refractivity contribution >= 4 is 23.3 Å². The molecule has 0 saturated carbocycles. The molecule has 0 bridgehead atoms. The van der Waals surface area contributed by atoms with Gasteiger partial charge in [0, 0.05) is 5.69 Å². The zero-order chi connectivity index (χ0) is 17.9. The largest absolute Gasteiger partial charge is 0.494 e. The first-order valence-corrected chi connectivity index (χ1v) is 9.53. The van der Waals surface area contributed by atoms with Crippen LogP contribution < -0.4 is 9.64 Å². The highest BCUT2D eigenvalue weighted by Crippen LogP contribution is 2.23. The van der Waals surface area contributed by atoms with E-state index in [9.17, 15) is 0 Å². The van der Waals surface area contributed by atoms with Crippen LogP contribution in [-0.4, -0.2) is 42.0 Å². The lowest BCUT2D eigenvalue weighted by Crippen LogP contribution is -3.13. The maximum absolute atomic E-state index is 5.88. The van der Waals surface area contributed by atoms with Gasteiger partial charge in [0.05, 0.1) is 30.9 Å². The molecule has 1 saturated heterocycles. The second kappa shape index (κ2) is 7.61. The molecule has 0 unspecified atom stereocenters. The van der Waals surface area contributed by atoms with Crippen LogP contribution in [0, 0.1) is 4.77 Å². The van der Waals surface area contributed by atoms with Crippen LogP contribution in [0.25, 0.3) is 16.7 Å². The normalized spacial score (nSPS) is 15.4. The molecule has 1 aliphatic heterocycles. The Hall–Kier alpha value is -2.15. The third kappa shape index (κ3) is 3.28. The molecular weight excluding hydrogens is 346 g/mol. The Balaban J connectivity index is 1.77. The first-order chi connectivity index (χ1) is 12.8. The van der Waals surface area contributed by atoms with E-state index in [-0.39, 0.29) is 0 Å². The highest BCUT2D eigenvalue weighted by atomic mass is 32.1. The third-order valence-electron chi connectivity index (χ3n) is 4.82. The van der Waals surface area contributed by atoms with Gasteiger partial charge in [0.25, 0.3) is 0 Å².